The summed E-state index contributed by atoms with van der Waals surface area (Å²) < 4.78 is 1.72. The number of nitrogens with zero attached hydrogens (tertiary/aromatic N) is 5. The topological polar surface area (TPSA) is 78.8 Å². The molecule has 0 N–H and O–H groups in total. The number of hydrogen-bond acceptors (Lipinski definition) is 4. The van der Waals surface area contributed by atoms with E-state index in [4.69, 9.17) is 0 Å². The van der Waals surface area contributed by atoms with Gasteiger partial charge in [-0.1, -0.05) is 30.3 Å². The maximum atomic E-state index is 13.0. The van der Waals surface area contributed by atoms with Crippen molar-refractivity contribution in [1.82, 2.24) is 24.5 Å². The molecule has 8 nitrogen and oxygen atoms in total. The van der Waals surface area contributed by atoms with Crippen LogP contribution in [-0.2, 0) is 17.9 Å². The number of aryl methyl sites for hydroxylation is 1. The maximum absolute atomic E-state index is 13.0. The van der Waals surface area contributed by atoms with Gasteiger partial charge in [0.2, 0.25) is 0 Å². The van der Waals surface area contributed by atoms with Gasteiger partial charge in [-0.05, 0) is 31.4 Å². The summed E-state index contributed by atoms with van der Waals surface area (Å²) in [6.45, 7) is 3.87. The van der Waals surface area contributed by atoms with Gasteiger partial charge in [-0.3, -0.25) is 19.2 Å². The highest BCUT2D eigenvalue weighted by molar-refractivity contribution is 6.07. The van der Waals surface area contributed by atoms with Crippen LogP contribution in [0.25, 0.3) is 0 Å². The number of rotatable bonds is 4. The molecule has 0 atom stereocenters. The number of piperidine rings is 1. The fourth-order valence-electron chi connectivity index (χ4n) is 4.24. The summed E-state index contributed by atoms with van der Waals surface area (Å²) in [5, 5.41) is 4.29. The molecule has 1 spiro atoms. The summed E-state index contributed by atoms with van der Waals surface area (Å²) >= 11 is 0. The van der Waals surface area contributed by atoms with Crippen LogP contribution in [0.3, 0.4) is 0 Å². The Hall–Kier alpha value is -3.16. The Balaban J connectivity index is 1.53. The van der Waals surface area contributed by atoms with Crippen molar-refractivity contribution in [2.45, 2.75) is 38.4 Å². The van der Waals surface area contributed by atoms with Gasteiger partial charge in [-0.15, -0.1) is 0 Å². The zero-order valence-corrected chi connectivity index (χ0v) is 16.7. The number of likely N-dealkylation sites (N-methyl/N-ethyl adjacent to an activating group) is 1. The maximum Gasteiger partial charge on any atom is 0.327 e. The van der Waals surface area contributed by atoms with Gasteiger partial charge in [0.05, 0.1) is 0 Å². The number of amides is 4. The van der Waals surface area contributed by atoms with Crippen LogP contribution >= 0.6 is 0 Å². The molecule has 2 fully saturated rings. The summed E-state index contributed by atoms with van der Waals surface area (Å²) in [4.78, 5) is 43.2. The van der Waals surface area contributed by atoms with E-state index in [-0.39, 0.29) is 17.8 Å². The molecule has 8 heteroatoms. The minimum atomic E-state index is -0.888. The van der Waals surface area contributed by atoms with E-state index >= 15 is 0 Å². The number of benzene rings is 1. The molecule has 2 aliphatic rings. The van der Waals surface area contributed by atoms with Crippen LogP contribution in [0.2, 0.25) is 0 Å². The third kappa shape index (κ3) is 3.18. The Morgan fingerprint density at radius 3 is 2.41 bits per heavy atom. The molecular formula is C21H25N5O3. The second kappa shape index (κ2) is 7.35. The highest BCUT2D eigenvalue weighted by Gasteiger charge is 2.57. The van der Waals surface area contributed by atoms with E-state index in [0.717, 1.165) is 5.56 Å². The van der Waals surface area contributed by atoms with Crippen molar-refractivity contribution in [1.29, 1.82) is 0 Å². The van der Waals surface area contributed by atoms with Gasteiger partial charge in [0.15, 0.2) is 0 Å². The molecule has 0 unspecified atom stereocenters. The molecule has 1 aromatic carbocycles. The van der Waals surface area contributed by atoms with Gasteiger partial charge in [0.25, 0.3) is 11.8 Å². The summed E-state index contributed by atoms with van der Waals surface area (Å²) in [5.41, 5.74) is 0.503. The lowest BCUT2D eigenvalue weighted by molar-refractivity contribution is -0.134. The number of aromatic nitrogens is 2. The fourth-order valence-corrected chi connectivity index (χ4v) is 4.24. The molecule has 1 aromatic heterocycles. The summed E-state index contributed by atoms with van der Waals surface area (Å²) in [5.74, 6) is -0.312. The molecule has 0 radical (unpaired) electrons. The first-order valence-corrected chi connectivity index (χ1v) is 9.92. The molecule has 2 aromatic rings. The molecule has 2 aliphatic heterocycles. The largest absolute Gasteiger partial charge is 0.337 e. The Bertz CT molecular complexity index is 931. The first-order chi connectivity index (χ1) is 14.0. The number of imide groups is 1. The summed E-state index contributed by atoms with van der Waals surface area (Å²) in [6, 6.07) is 11.1. The van der Waals surface area contributed by atoms with Crippen LogP contribution in [0.5, 0.6) is 0 Å². The smallest absolute Gasteiger partial charge is 0.327 e. The van der Waals surface area contributed by atoms with Crippen molar-refractivity contribution in [3.8, 4) is 0 Å². The van der Waals surface area contributed by atoms with Gasteiger partial charge in [0.1, 0.15) is 11.2 Å². The first-order valence-electron chi connectivity index (χ1n) is 9.92. The Labute approximate surface area is 169 Å². The molecule has 0 aliphatic carbocycles. The molecule has 2 saturated heterocycles. The highest BCUT2D eigenvalue weighted by atomic mass is 16.2. The van der Waals surface area contributed by atoms with Crippen molar-refractivity contribution < 1.29 is 14.4 Å². The second-order valence-electron chi connectivity index (χ2n) is 7.60. The van der Waals surface area contributed by atoms with E-state index in [0.29, 0.717) is 44.7 Å². The number of hydrogen-bond donors (Lipinski definition) is 0. The lowest BCUT2D eigenvalue weighted by atomic mass is 9.85. The predicted molar refractivity (Wildman–Crippen MR) is 106 cm³/mol. The average molecular weight is 395 g/mol. The highest BCUT2D eigenvalue weighted by Crippen LogP contribution is 2.38. The quantitative estimate of drug-likeness (QED) is 0.742. The Morgan fingerprint density at radius 2 is 1.79 bits per heavy atom. The molecule has 152 valence electrons. The molecule has 4 rings (SSSR count). The molecular weight excluding hydrogens is 370 g/mol. The molecule has 29 heavy (non-hydrogen) atoms. The monoisotopic (exact) mass is 395 g/mol. The lowest BCUT2D eigenvalue weighted by Gasteiger charge is -2.42. The zero-order chi connectivity index (χ0) is 20.6. The van der Waals surface area contributed by atoms with Crippen LogP contribution in [0.1, 0.15) is 35.8 Å². The van der Waals surface area contributed by atoms with Gasteiger partial charge in [-0.25, -0.2) is 4.79 Å². The number of carbonyl (C=O) groups excluding carboxylic acids is 3. The van der Waals surface area contributed by atoms with Crippen LogP contribution in [0.15, 0.2) is 42.6 Å². The Kier molecular flexibility index (Phi) is 4.86. The number of urea groups is 1. The van der Waals surface area contributed by atoms with E-state index in [2.05, 4.69) is 5.10 Å². The van der Waals surface area contributed by atoms with E-state index in [9.17, 15) is 14.4 Å². The predicted octanol–water partition coefficient (Wildman–Crippen LogP) is 1.97. The normalized spacial score (nSPS) is 18.8. The van der Waals surface area contributed by atoms with Crippen LogP contribution in [0.4, 0.5) is 4.79 Å². The minimum absolute atomic E-state index is 0.133. The van der Waals surface area contributed by atoms with E-state index in [1.807, 2.05) is 37.3 Å². The third-order valence-electron chi connectivity index (χ3n) is 5.98. The zero-order valence-electron chi connectivity index (χ0n) is 16.7. The van der Waals surface area contributed by atoms with Gasteiger partial charge in [-0.2, -0.15) is 5.10 Å². The first kappa shape index (κ1) is 19.2. The van der Waals surface area contributed by atoms with Crippen molar-refractivity contribution in [2.24, 2.45) is 0 Å². The van der Waals surface area contributed by atoms with Crippen molar-refractivity contribution >= 4 is 17.8 Å². The average Bonchev–Trinajstić information content (AvgIpc) is 3.30. The van der Waals surface area contributed by atoms with Gasteiger partial charge in [0, 0.05) is 39.4 Å². The van der Waals surface area contributed by atoms with E-state index < -0.39 is 5.54 Å². The number of likely N-dealkylation sites (tertiary alicyclic amines) is 1. The van der Waals surface area contributed by atoms with Gasteiger partial charge < -0.3 is 9.80 Å². The van der Waals surface area contributed by atoms with Crippen molar-refractivity contribution in [2.75, 3.05) is 20.1 Å². The summed E-state index contributed by atoms with van der Waals surface area (Å²) in [7, 11) is 1.53. The summed E-state index contributed by atoms with van der Waals surface area (Å²) in [6.07, 6.45) is 2.64. The third-order valence-corrected chi connectivity index (χ3v) is 5.98. The lowest BCUT2D eigenvalue weighted by Crippen LogP contribution is -2.57. The molecule has 0 bridgehead atoms. The van der Waals surface area contributed by atoms with Crippen LogP contribution in [-0.4, -0.2) is 68.0 Å². The fraction of sp³-hybridized carbons (Fsp3) is 0.429. The van der Waals surface area contributed by atoms with Crippen LogP contribution in [0, 0.1) is 0 Å². The standard InChI is InChI=1S/C21H25N5O3/c1-3-25-12-9-17(22-25)18(27)24-13-10-21(11-14-24)19(28)23(2)20(29)26(21)15-16-7-5-4-6-8-16/h4-9,12H,3,10-11,13-15H2,1-2H3. The van der Waals surface area contributed by atoms with Crippen LogP contribution < -0.4 is 0 Å². The number of carbonyl (C=O) groups is 3. The molecule has 4 amide bonds. The van der Waals surface area contributed by atoms with Crippen molar-refractivity contribution in [3.05, 3.63) is 53.9 Å². The van der Waals surface area contributed by atoms with E-state index in [1.165, 1.54) is 11.9 Å². The van der Waals surface area contributed by atoms with Crippen molar-refractivity contribution in [3.63, 3.8) is 0 Å². The molecule has 3 heterocycles. The van der Waals surface area contributed by atoms with Gasteiger partial charge >= 0.3 is 6.03 Å². The SMILES string of the molecule is CCn1ccc(C(=O)N2CCC3(CC2)C(=O)N(C)C(=O)N3Cc2ccccc2)n1. The van der Waals surface area contributed by atoms with E-state index in [1.54, 1.807) is 26.7 Å². The second-order valence-corrected chi connectivity index (χ2v) is 7.60. The minimum Gasteiger partial charge on any atom is -0.337 e. The molecule has 0 saturated carbocycles. The Morgan fingerprint density at radius 1 is 1.10 bits per heavy atom.